The quantitative estimate of drug-likeness (QED) is 0.602. The van der Waals surface area contributed by atoms with Gasteiger partial charge in [-0.2, -0.15) is 5.10 Å². The van der Waals surface area contributed by atoms with Gasteiger partial charge in [0, 0.05) is 58.1 Å². The largest absolute Gasteiger partial charge is 0.363 e. The molecule has 1 fully saturated rings. The van der Waals surface area contributed by atoms with Gasteiger partial charge in [-0.3, -0.25) is 9.58 Å². The summed E-state index contributed by atoms with van der Waals surface area (Å²) in [6, 6.07) is 0. The van der Waals surface area contributed by atoms with Crippen molar-refractivity contribution in [2.75, 3.05) is 53.4 Å². The molecule has 1 aliphatic rings. The zero-order chi connectivity index (χ0) is 15.9. The molecule has 7 heteroatoms. The first-order valence-corrected chi connectivity index (χ1v) is 8.33. The van der Waals surface area contributed by atoms with Crippen LogP contribution in [0.3, 0.4) is 0 Å². The molecule has 0 saturated carbocycles. The molecule has 6 nitrogen and oxygen atoms in total. The van der Waals surface area contributed by atoms with Gasteiger partial charge in [-0.1, -0.05) is 0 Å². The third-order valence-electron chi connectivity index (χ3n) is 3.88. The van der Waals surface area contributed by atoms with E-state index in [4.69, 9.17) is 12.2 Å². The Kier molecular flexibility index (Phi) is 6.60. The zero-order valence-corrected chi connectivity index (χ0v) is 14.8. The van der Waals surface area contributed by atoms with E-state index in [9.17, 15) is 0 Å². The van der Waals surface area contributed by atoms with Gasteiger partial charge in [-0.15, -0.1) is 0 Å². The summed E-state index contributed by atoms with van der Waals surface area (Å²) in [4.78, 5) is 6.94. The second kappa shape index (κ2) is 8.45. The van der Waals surface area contributed by atoms with E-state index < -0.39 is 0 Å². The number of nitrogens with one attached hydrogen (secondary N) is 1. The van der Waals surface area contributed by atoms with Gasteiger partial charge in [0.15, 0.2) is 5.11 Å². The van der Waals surface area contributed by atoms with Crippen LogP contribution in [0.4, 0.5) is 0 Å². The van der Waals surface area contributed by atoms with Gasteiger partial charge in [-0.05, 0) is 39.3 Å². The lowest BCUT2D eigenvalue weighted by atomic mass is 10.2. The van der Waals surface area contributed by atoms with Crippen LogP contribution in [-0.2, 0) is 13.6 Å². The van der Waals surface area contributed by atoms with Crippen molar-refractivity contribution < 1.29 is 0 Å². The molecule has 0 unspecified atom stereocenters. The molecule has 1 N–H and O–H groups in total. The van der Waals surface area contributed by atoms with Crippen molar-refractivity contribution in [1.29, 1.82) is 0 Å². The molecule has 2 rings (SSSR count). The Morgan fingerprint density at radius 3 is 2.64 bits per heavy atom. The van der Waals surface area contributed by atoms with E-state index in [1.807, 2.05) is 17.9 Å². The Hall–Kier alpha value is -1.18. The van der Waals surface area contributed by atoms with Crippen LogP contribution >= 0.6 is 12.2 Å². The normalized spacial score (nSPS) is 16.3. The van der Waals surface area contributed by atoms with Crippen LogP contribution in [-0.4, -0.2) is 83.0 Å². The van der Waals surface area contributed by atoms with Crippen molar-refractivity contribution >= 4 is 17.3 Å². The number of nitrogens with zero attached hydrogens (tertiary/aromatic N) is 5. The molecule has 1 aromatic heterocycles. The summed E-state index contributed by atoms with van der Waals surface area (Å²) in [5.41, 5.74) is 1.28. The summed E-state index contributed by atoms with van der Waals surface area (Å²) in [6.07, 6.45) is 5.15. The van der Waals surface area contributed by atoms with Crippen molar-refractivity contribution in [1.82, 2.24) is 29.8 Å². The van der Waals surface area contributed by atoms with Gasteiger partial charge < -0.3 is 15.1 Å². The summed E-state index contributed by atoms with van der Waals surface area (Å²) in [5.74, 6) is 0. The fraction of sp³-hybridized carbons (Fsp3) is 0.733. The average Bonchev–Trinajstić information content (AvgIpc) is 2.89. The molecule has 1 saturated heterocycles. The van der Waals surface area contributed by atoms with Crippen molar-refractivity contribution in [3.63, 3.8) is 0 Å². The van der Waals surface area contributed by atoms with Crippen LogP contribution in [0.15, 0.2) is 12.4 Å². The predicted molar refractivity (Wildman–Crippen MR) is 93.8 cm³/mol. The highest BCUT2D eigenvalue weighted by atomic mass is 32.1. The van der Waals surface area contributed by atoms with Crippen LogP contribution in [0.2, 0.25) is 0 Å². The summed E-state index contributed by atoms with van der Waals surface area (Å²) in [5, 5.41) is 8.50. The third-order valence-corrected chi connectivity index (χ3v) is 4.28. The Balaban J connectivity index is 1.64. The highest BCUT2D eigenvalue weighted by Gasteiger charge is 2.19. The van der Waals surface area contributed by atoms with Crippen molar-refractivity contribution in [2.24, 2.45) is 7.05 Å². The number of piperazine rings is 1. The molecule has 0 radical (unpaired) electrons. The predicted octanol–water partition coefficient (Wildman–Crippen LogP) is 0.364. The maximum absolute atomic E-state index is 5.49. The molecule has 0 bridgehead atoms. The monoisotopic (exact) mass is 324 g/mol. The minimum absolute atomic E-state index is 0.903. The van der Waals surface area contributed by atoms with Crippen LogP contribution in [0.5, 0.6) is 0 Å². The van der Waals surface area contributed by atoms with Crippen LogP contribution in [0.25, 0.3) is 0 Å². The molecule has 0 spiro atoms. The van der Waals surface area contributed by atoms with Gasteiger partial charge in [0.1, 0.15) is 0 Å². The molecule has 22 heavy (non-hydrogen) atoms. The van der Waals surface area contributed by atoms with Crippen molar-refractivity contribution in [3.8, 4) is 0 Å². The van der Waals surface area contributed by atoms with E-state index in [0.717, 1.165) is 57.3 Å². The van der Waals surface area contributed by atoms with E-state index in [0.29, 0.717) is 0 Å². The van der Waals surface area contributed by atoms with E-state index in [2.05, 4.69) is 45.4 Å². The van der Waals surface area contributed by atoms with Crippen LogP contribution in [0, 0.1) is 0 Å². The smallest absolute Gasteiger partial charge is 0.169 e. The summed E-state index contributed by atoms with van der Waals surface area (Å²) >= 11 is 5.49. The third kappa shape index (κ3) is 5.55. The highest BCUT2D eigenvalue weighted by Crippen LogP contribution is 2.08. The number of aryl methyl sites for hydroxylation is 1. The molecule has 2 heterocycles. The first-order chi connectivity index (χ1) is 10.5. The zero-order valence-electron chi connectivity index (χ0n) is 14.0. The molecule has 0 amide bonds. The average molecular weight is 324 g/mol. The fourth-order valence-electron chi connectivity index (χ4n) is 2.62. The van der Waals surface area contributed by atoms with Gasteiger partial charge in [0.25, 0.3) is 0 Å². The van der Waals surface area contributed by atoms with E-state index >= 15 is 0 Å². The standard InChI is InChI=1S/C15H28N6S/c1-18(2)6-4-5-16-15(22)21-9-7-20(8-10-21)13-14-11-17-19(3)12-14/h11-12H,4-10,13H2,1-3H3,(H,16,22). The van der Waals surface area contributed by atoms with Crippen molar-refractivity contribution in [3.05, 3.63) is 18.0 Å². The number of hydrogen-bond donors (Lipinski definition) is 1. The molecule has 124 valence electrons. The molecular formula is C15H28N6S. The SMILES string of the molecule is CN(C)CCCNC(=S)N1CCN(Cc2cnn(C)c2)CC1. The fourth-order valence-corrected chi connectivity index (χ4v) is 2.91. The van der Waals surface area contributed by atoms with E-state index in [1.54, 1.807) is 0 Å². The molecule has 1 aromatic rings. The second-order valence-corrected chi connectivity index (χ2v) is 6.56. The minimum atomic E-state index is 0.903. The Bertz CT molecular complexity index is 464. The molecule has 0 atom stereocenters. The first kappa shape index (κ1) is 17.2. The number of aromatic nitrogens is 2. The first-order valence-electron chi connectivity index (χ1n) is 7.92. The summed E-state index contributed by atoms with van der Waals surface area (Å²) < 4.78 is 1.86. The van der Waals surface area contributed by atoms with Crippen LogP contribution < -0.4 is 5.32 Å². The summed E-state index contributed by atoms with van der Waals surface area (Å²) in [6.45, 7) is 7.12. The Labute approximate surface area is 139 Å². The molecule has 1 aliphatic heterocycles. The van der Waals surface area contributed by atoms with Gasteiger partial charge in [0.2, 0.25) is 0 Å². The van der Waals surface area contributed by atoms with Gasteiger partial charge >= 0.3 is 0 Å². The molecule has 0 aliphatic carbocycles. The van der Waals surface area contributed by atoms with E-state index in [-0.39, 0.29) is 0 Å². The minimum Gasteiger partial charge on any atom is -0.363 e. The number of hydrogen-bond acceptors (Lipinski definition) is 4. The van der Waals surface area contributed by atoms with E-state index in [1.165, 1.54) is 5.56 Å². The Morgan fingerprint density at radius 1 is 1.32 bits per heavy atom. The molecular weight excluding hydrogens is 296 g/mol. The number of rotatable bonds is 6. The highest BCUT2D eigenvalue weighted by molar-refractivity contribution is 7.80. The van der Waals surface area contributed by atoms with Crippen LogP contribution in [0.1, 0.15) is 12.0 Å². The maximum atomic E-state index is 5.49. The number of thiocarbonyl (C=S) groups is 1. The van der Waals surface area contributed by atoms with Crippen molar-refractivity contribution in [2.45, 2.75) is 13.0 Å². The second-order valence-electron chi connectivity index (χ2n) is 6.17. The summed E-state index contributed by atoms with van der Waals surface area (Å²) in [7, 11) is 6.15. The lowest BCUT2D eigenvalue weighted by Crippen LogP contribution is -2.51. The van der Waals surface area contributed by atoms with Gasteiger partial charge in [0.05, 0.1) is 6.20 Å². The lowest BCUT2D eigenvalue weighted by Gasteiger charge is -2.36. The topological polar surface area (TPSA) is 39.6 Å². The maximum Gasteiger partial charge on any atom is 0.169 e. The molecule has 0 aromatic carbocycles. The lowest BCUT2D eigenvalue weighted by molar-refractivity contribution is 0.174. The van der Waals surface area contributed by atoms with Gasteiger partial charge in [-0.25, -0.2) is 0 Å². The Morgan fingerprint density at radius 2 is 2.05 bits per heavy atom.